The van der Waals surface area contributed by atoms with Gasteiger partial charge in [-0.2, -0.15) is 0 Å². The Bertz CT molecular complexity index is 1690. The topological polar surface area (TPSA) is 0 Å². The minimum Gasteiger partial charge on any atom is -0.144 e. The first-order chi connectivity index (χ1) is 27.6. The number of hydrogen-bond donors (Lipinski definition) is 0. The molecule has 0 bridgehead atoms. The first-order valence-corrected chi connectivity index (χ1v) is 25.8. The standard InChI is InChI=1S/C54H78S2/c1-5-9-13-17-21-27-37-53(38-28-22-18-14-10-6-2)46-33-26-25-32-44(46)51-49(53)50-52(56-51)45-36-35-43(48-34-31-41-55-48)42-47(45)54(50,39-29-23-19-15-11-7-3)40-30-24-20-16-12-8-4/h25-26,31-36,41-42H,5-24,27-30,37-40H2,1-4H3. The molecule has 0 nitrogen and oxygen atoms in total. The Morgan fingerprint density at radius 2 is 0.839 bits per heavy atom. The molecule has 0 saturated heterocycles. The van der Waals surface area contributed by atoms with Crippen LogP contribution in [0, 0.1) is 0 Å². The fourth-order valence-electron chi connectivity index (χ4n) is 10.9. The highest BCUT2D eigenvalue weighted by Crippen LogP contribution is 2.67. The summed E-state index contributed by atoms with van der Waals surface area (Å²) in [6.45, 7) is 9.42. The fourth-order valence-corrected chi connectivity index (χ4v) is 13.2. The zero-order valence-electron chi connectivity index (χ0n) is 36.4. The van der Waals surface area contributed by atoms with Crippen LogP contribution in [0.3, 0.4) is 0 Å². The third-order valence-electron chi connectivity index (χ3n) is 14.0. The van der Waals surface area contributed by atoms with Crippen LogP contribution in [0.15, 0.2) is 60.0 Å². The van der Waals surface area contributed by atoms with Gasteiger partial charge in [-0.15, -0.1) is 22.7 Å². The first kappa shape index (κ1) is 43.4. The lowest BCUT2D eigenvalue weighted by Crippen LogP contribution is -2.32. The molecule has 6 rings (SSSR count). The smallest absolute Gasteiger partial charge is 0.0396 e. The van der Waals surface area contributed by atoms with Gasteiger partial charge >= 0.3 is 0 Å². The van der Waals surface area contributed by atoms with Gasteiger partial charge in [-0.1, -0.05) is 224 Å². The summed E-state index contributed by atoms with van der Waals surface area (Å²) in [5.41, 5.74) is 11.9. The molecule has 0 aliphatic heterocycles. The van der Waals surface area contributed by atoms with Crippen molar-refractivity contribution < 1.29 is 0 Å². The van der Waals surface area contributed by atoms with E-state index in [-0.39, 0.29) is 10.8 Å². The number of thiophene rings is 2. The maximum absolute atomic E-state index is 2.71. The number of rotatable bonds is 29. The maximum Gasteiger partial charge on any atom is 0.0396 e. The lowest BCUT2D eigenvalue weighted by atomic mass is 9.63. The molecule has 2 aliphatic carbocycles. The van der Waals surface area contributed by atoms with E-state index in [0.29, 0.717) is 0 Å². The Morgan fingerprint density at radius 1 is 0.411 bits per heavy atom. The second kappa shape index (κ2) is 22.3. The van der Waals surface area contributed by atoms with E-state index < -0.39 is 0 Å². The Kier molecular flexibility index (Phi) is 17.3. The van der Waals surface area contributed by atoms with Crippen LogP contribution >= 0.6 is 22.7 Å². The molecule has 2 aliphatic rings. The molecule has 0 N–H and O–H groups in total. The zero-order valence-corrected chi connectivity index (χ0v) is 38.0. The van der Waals surface area contributed by atoms with Crippen molar-refractivity contribution in [1.29, 1.82) is 0 Å². The second-order valence-corrected chi connectivity index (χ2v) is 20.0. The molecule has 2 aromatic carbocycles. The molecule has 0 atom stereocenters. The molecule has 0 fully saturated rings. The van der Waals surface area contributed by atoms with Gasteiger partial charge in [0.25, 0.3) is 0 Å². The molecule has 306 valence electrons. The Morgan fingerprint density at radius 3 is 1.30 bits per heavy atom. The van der Waals surface area contributed by atoms with Gasteiger partial charge in [0.15, 0.2) is 0 Å². The molecule has 0 amide bonds. The normalized spacial score (nSPS) is 14.6. The van der Waals surface area contributed by atoms with Crippen LogP contribution in [0.2, 0.25) is 0 Å². The molecule has 0 saturated carbocycles. The number of benzene rings is 2. The van der Waals surface area contributed by atoms with E-state index >= 15 is 0 Å². The van der Waals surface area contributed by atoms with Gasteiger partial charge in [0.2, 0.25) is 0 Å². The Hall–Kier alpha value is -2.16. The third kappa shape index (κ3) is 9.82. The molecule has 2 aromatic heterocycles. The Labute approximate surface area is 352 Å². The predicted octanol–water partition coefficient (Wildman–Crippen LogP) is 19.0. The summed E-state index contributed by atoms with van der Waals surface area (Å²) in [6, 6.07) is 22.2. The molecular weight excluding hydrogens is 713 g/mol. The quantitative estimate of drug-likeness (QED) is 0.0481. The SMILES string of the molecule is CCCCCCCCC1(CCCCCCCC)c2ccccc2-c2sc3c(c21)C(CCCCCCCC)(CCCCCCCC)c1cc(-c2cccs2)ccc1-3. The van der Waals surface area contributed by atoms with Gasteiger partial charge in [-0.3, -0.25) is 0 Å². The molecule has 0 radical (unpaired) electrons. The zero-order chi connectivity index (χ0) is 39.1. The van der Waals surface area contributed by atoms with Crippen molar-refractivity contribution in [3.05, 3.63) is 82.2 Å². The van der Waals surface area contributed by atoms with Gasteiger partial charge in [0, 0.05) is 25.5 Å². The number of unbranched alkanes of at least 4 members (excludes halogenated alkanes) is 20. The minimum absolute atomic E-state index is 0.104. The van der Waals surface area contributed by atoms with Gasteiger partial charge in [0.05, 0.1) is 0 Å². The summed E-state index contributed by atoms with van der Waals surface area (Å²) in [7, 11) is 0. The van der Waals surface area contributed by atoms with E-state index in [2.05, 4.69) is 99.0 Å². The molecule has 0 spiro atoms. The van der Waals surface area contributed by atoms with Gasteiger partial charge in [0.1, 0.15) is 0 Å². The van der Waals surface area contributed by atoms with E-state index in [4.69, 9.17) is 0 Å². The maximum atomic E-state index is 2.71. The van der Waals surface area contributed by atoms with Crippen LogP contribution < -0.4 is 0 Å². The van der Waals surface area contributed by atoms with E-state index in [9.17, 15) is 0 Å². The lowest BCUT2D eigenvalue weighted by molar-refractivity contribution is 0.369. The van der Waals surface area contributed by atoms with E-state index in [1.165, 1.54) is 190 Å². The average Bonchev–Trinajstić information content (AvgIpc) is 4.00. The van der Waals surface area contributed by atoms with Crippen molar-refractivity contribution in [2.45, 2.75) is 218 Å². The highest BCUT2D eigenvalue weighted by molar-refractivity contribution is 7.19. The molecule has 0 unspecified atom stereocenters. The van der Waals surface area contributed by atoms with Crippen LogP contribution in [0.5, 0.6) is 0 Å². The summed E-state index contributed by atoms with van der Waals surface area (Å²) in [4.78, 5) is 4.74. The predicted molar refractivity (Wildman–Crippen MR) is 252 cm³/mol. The van der Waals surface area contributed by atoms with Crippen LogP contribution in [0.25, 0.3) is 31.3 Å². The molecule has 56 heavy (non-hydrogen) atoms. The highest BCUT2D eigenvalue weighted by atomic mass is 32.1. The largest absolute Gasteiger partial charge is 0.144 e. The minimum atomic E-state index is 0.104. The summed E-state index contributed by atoms with van der Waals surface area (Å²) >= 11 is 4.12. The van der Waals surface area contributed by atoms with Crippen molar-refractivity contribution >= 4 is 22.7 Å². The van der Waals surface area contributed by atoms with E-state index in [0.717, 1.165) is 0 Å². The van der Waals surface area contributed by atoms with Gasteiger partial charge in [-0.05, 0) is 82.1 Å². The van der Waals surface area contributed by atoms with E-state index in [1.54, 1.807) is 32.0 Å². The highest BCUT2D eigenvalue weighted by Gasteiger charge is 2.53. The third-order valence-corrected chi connectivity index (χ3v) is 16.1. The van der Waals surface area contributed by atoms with Crippen LogP contribution in [0.1, 0.15) is 230 Å². The van der Waals surface area contributed by atoms with Crippen molar-refractivity contribution in [1.82, 2.24) is 0 Å². The molecule has 2 heteroatoms. The van der Waals surface area contributed by atoms with Crippen molar-refractivity contribution in [2.24, 2.45) is 0 Å². The molecule has 2 heterocycles. The van der Waals surface area contributed by atoms with Crippen molar-refractivity contribution in [3.63, 3.8) is 0 Å². The van der Waals surface area contributed by atoms with Gasteiger partial charge in [-0.25, -0.2) is 0 Å². The molecule has 4 aromatic rings. The summed E-state index contributed by atoms with van der Waals surface area (Å²) in [5.74, 6) is 0. The first-order valence-electron chi connectivity index (χ1n) is 24.1. The summed E-state index contributed by atoms with van der Waals surface area (Å²) < 4.78 is 0. The lowest BCUT2D eigenvalue weighted by Gasteiger charge is -2.39. The summed E-state index contributed by atoms with van der Waals surface area (Å²) in [6.07, 6.45) is 38.2. The van der Waals surface area contributed by atoms with Crippen molar-refractivity contribution in [2.75, 3.05) is 0 Å². The van der Waals surface area contributed by atoms with Crippen LogP contribution in [-0.2, 0) is 10.8 Å². The van der Waals surface area contributed by atoms with Crippen molar-refractivity contribution in [3.8, 4) is 31.3 Å². The van der Waals surface area contributed by atoms with Crippen LogP contribution in [-0.4, -0.2) is 0 Å². The number of hydrogen-bond acceptors (Lipinski definition) is 2. The van der Waals surface area contributed by atoms with Gasteiger partial charge < -0.3 is 0 Å². The summed E-state index contributed by atoms with van der Waals surface area (Å²) in [5, 5.41) is 2.27. The molecular formula is C54H78S2. The average molecular weight is 791 g/mol. The number of fused-ring (bicyclic) bond motifs is 7. The van der Waals surface area contributed by atoms with E-state index in [1.807, 2.05) is 22.5 Å². The Balaban J connectivity index is 1.48. The van der Waals surface area contributed by atoms with Crippen LogP contribution in [0.4, 0.5) is 0 Å². The fraction of sp³-hybridized carbons (Fsp3) is 0.630. The monoisotopic (exact) mass is 791 g/mol. The second-order valence-electron chi connectivity index (χ2n) is 18.0.